The van der Waals surface area contributed by atoms with Gasteiger partial charge in [-0.2, -0.15) is 0 Å². The monoisotopic (exact) mass is 210 g/mol. The third kappa shape index (κ3) is 1.81. The molecule has 0 saturated heterocycles. The average Bonchev–Trinajstić information content (AvgIpc) is 2.71. The summed E-state index contributed by atoms with van der Waals surface area (Å²) in [5.41, 5.74) is 0. The van der Waals surface area contributed by atoms with Crippen molar-refractivity contribution < 1.29 is 4.21 Å². The van der Waals surface area contributed by atoms with E-state index >= 15 is 0 Å². The summed E-state index contributed by atoms with van der Waals surface area (Å²) in [5.74, 6) is 0. The average molecular weight is 210 g/mol. The Bertz CT molecular complexity index is 399. The summed E-state index contributed by atoms with van der Waals surface area (Å²) in [6.07, 6.45) is 0. The molecule has 2 aromatic rings. The van der Waals surface area contributed by atoms with Gasteiger partial charge in [-0.15, -0.1) is 5.10 Å². The second kappa shape index (κ2) is 3.76. The van der Waals surface area contributed by atoms with Gasteiger partial charge in [0.15, 0.2) is 5.03 Å². The third-order valence-corrected chi connectivity index (χ3v) is 3.42. The molecule has 0 bridgehead atoms. The molecule has 5 heteroatoms. The van der Waals surface area contributed by atoms with Crippen molar-refractivity contribution in [3.63, 3.8) is 0 Å². The van der Waals surface area contributed by atoms with Crippen LogP contribution >= 0.6 is 11.5 Å². The van der Waals surface area contributed by atoms with Crippen molar-refractivity contribution >= 4 is 22.3 Å². The molecule has 0 aliphatic rings. The van der Waals surface area contributed by atoms with Crippen molar-refractivity contribution in [1.82, 2.24) is 9.59 Å². The Morgan fingerprint density at radius 1 is 1.23 bits per heavy atom. The third-order valence-electron chi connectivity index (χ3n) is 1.49. The van der Waals surface area contributed by atoms with E-state index in [-0.39, 0.29) is 0 Å². The Morgan fingerprint density at radius 2 is 2.00 bits per heavy atom. The van der Waals surface area contributed by atoms with E-state index in [0.29, 0.717) is 5.03 Å². The quantitative estimate of drug-likeness (QED) is 0.757. The number of nitrogens with zero attached hydrogens (tertiary/aromatic N) is 2. The van der Waals surface area contributed by atoms with Gasteiger partial charge >= 0.3 is 0 Å². The minimum absolute atomic E-state index is 0.524. The zero-order valence-corrected chi connectivity index (χ0v) is 8.22. The molecule has 1 aromatic carbocycles. The van der Waals surface area contributed by atoms with Crippen LogP contribution in [-0.2, 0) is 10.8 Å². The van der Waals surface area contributed by atoms with Crippen LogP contribution in [0.3, 0.4) is 0 Å². The maximum Gasteiger partial charge on any atom is 0.167 e. The van der Waals surface area contributed by atoms with Gasteiger partial charge in [0.2, 0.25) is 0 Å². The van der Waals surface area contributed by atoms with Crippen LogP contribution in [-0.4, -0.2) is 13.8 Å². The highest BCUT2D eigenvalue weighted by Crippen LogP contribution is 2.13. The number of aromatic nitrogens is 2. The molecule has 1 aromatic heterocycles. The number of rotatable bonds is 2. The maximum atomic E-state index is 11.7. The Balaban J connectivity index is 2.34. The fraction of sp³-hybridized carbons (Fsp3) is 0. The summed E-state index contributed by atoms with van der Waals surface area (Å²) >= 11 is 1.21. The van der Waals surface area contributed by atoms with Crippen molar-refractivity contribution in [3.8, 4) is 0 Å². The van der Waals surface area contributed by atoms with E-state index in [2.05, 4.69) is 9.59 Å². The van der Waals surface area contributed by atoms with E-state index in [1.807, 2.05) is 30.3 Å². The molecule has 66 valence electrons. The lowest BCUT2D eigenvalue weighted by atomic mass is 10.4. The number of hydrogen-bond donors (Lipinski definition) is 0. The maximum absolute atomic E-state index is 11.7. The first-order chi connectivity index (χ1) is 6.38. The summed E-state index contributed by atoms with van der Waals surface area (Å²) in [6, 6.07) is 9.23. The summed E-state index contributed by atoms with van der Waals surface area (Å²) in [5, 5.41) is 5.98. The van der Waals surface area contributed by atoms with Gasteiger partial charge in [0.1, 0.15) is 10.8 Å². The normalized spacial score (nSPS) is 12.6. The van der Waals surface area contributed by atoms with E-state index in [0.717, 1.165) is 4.90 Å². The molecule has 0 fully saturated rings. The molecule has 0 spiro atoms. The van der Waals surface area contributed by atoms with Gasteiger partial charge < -0.3 is 0 Å². The first kappa shape index (κ1) is 8.52. The topological polar surface area (TPSA) is 42.9 Å². The Hall–Kier alpha value is -1.07. The van der Waals surface area contributed by atoms with Crippen LogP contribution in [0.4, 0.5) is 0 Å². The highest BCUT2D eigenvalue weighted by atomic mass is 32.2. The van der Waals surface area contributed by atoms with Crippen LogP contribution in [0.2, 0.25) is 0 Å². The molecular weight excluding hydrogens is 204 g/mol. The first-order valence-electron chi connectivity index (χ1n) is 3.62. The van der Waals surface area contributed by atoms with Crippen molar-refractivity contribution in [3.05, 3.63) is 35.7 Å². The number of hydrogen-bond acceptors (Lipinski definition) is 4. The smallest absolute Gasteiger partial charge is 0.167 e. The molecular formula is C8H6N2OS2. The highest BCUT2D eigenvalue weighted by molar-refractivity contribution is 7.85. The lowest BCUT2D eigenvalue weighted by Crippen LogP contribution is -1.92. The van der Waals surface area contributed by atoms with Crippen molar-refractivity contribution in [2.24, 2.45) is 0 Å². The Morgan fingerprint density at radius 3 is 2.62 bits per heavy atom. The van der Waals surface area contributed by atoms with Crippen molar-refractivity contribution in [2.75, 3.05) is 0 Å². The van der Waals surface area contributed by atoms with Gasteiger partial charge in [-0.1, -0.05) is 22.7 Å². The lowest BCUT2D eigenvalue weighted by Gasteiger charge is -1.95. The molecule has 0 saturated carbocycles. The van der Waals surface area contributed by atoms with Crippen LogP contribution < -0.4 is 0 Å². The lowest BCUT2D eigenvalue weighted by molar-refractivity contribution is 0.680. The zero-order chi connectivity index (χ0) is 9.10. The van der Waals surface area contributed by atoms with Crippen LogP contribution in [0.25, 0.3) is 0 Å². The zero-order valence-electron chi connectivity index (χ0n) is 6.58. The summed E-state index contributed by atoms with van der Waals surface area (Å²) in [7, 11) is -1.18. The van der Waals surface area contributed by atoms with E-state index in [1.165, 1.54) is 11.5 Å². The standard InChI is InChI=1S/C8H6N2OS2/c11-13(8-6-12-10-9-8)7-4-2-1-3-5-7/h1-6H. The molecule has 0 amide bonds. The minimum Gasteiger partial charge on any atom is -0.247 e. The van der Waals surface area contributed by atoms with Crippen molar-refractivity contribution in [2.45, 2.75) is 9.92 Å². The molecule has 0 aliphatic heterocycles. The van der Waals surface area contributed by atoms with Gasteiger partial charge in [-0.25, -0.2) is 4.21 Å². The predicted molar refractivity (Wildman–Crippen MR) is 51.0 cm³/mol. The van der Waals surface area contributed by atoms with E-state index in [9.17, 15) is 4.21 Å². The van der Waals surface area contributed by atoms with Gasteiger partial charge in [-0.3, -0.25) is 0 Å². The van der Waals surface area contributed by atoms with E-state index in [4.69, 9.17) is 0 Å². The van der Waals surface area contributed by atoms with Crippen molar-refractivity contribution in [1.29, 1.82) is 0 Å². The molecule has 0 N–H and O–H groups in total. The largest absolute Gasteiger partial charge is 0.247 e. The predicted octanol–water partition coefficient (Wildman–Crippen LogP) is 1.70. The molecule has 1 atom stereocenters. The Labute approximate surface area is 82.1 Å². The second-order valence-corrected chi connectivity index (χ2v) is 4.36. The molecule has 13 heavy (non-hydrogen) atoms. The minimum atomic E-state index is -1.18. The first-order valence-corrected chi connectivity index (χ1v) is 5.60. The van der Waals surface area contributed by atoms with Gasteiger partial charge in [0.05, 0.1) is 0 Å². The molecule has 3 nitrogen and oxygen atoms in total. The molecule has 1 heterocycles. The van der Waals surface area contributed by atoms with Crippen LogP contribution in [0.15, 0.2) is 45.6 Å². The fourth-order valence-electron chi connectivity index (χ4n) is 0.902. The van der Waals surface area contributed by atoms with E-state index in [1.54, 1.807) is 5.38 Å². The van der Waals surface area contributed by atoms with Crippen LogP contribution in [0, 0.1) is 0 Å². The van der Waals surface area contributed by atoms with Gasteiger partial charge in [0.25, 0.3) is 0 Å². The highest BCUT2D eigenvalue weighted by Gasteiger charge is 2.08. The van der Waals surface area contributed by atoms with Crippen LogP contribution in [0.5, 0.6) is 0 Å². The molecule has 1 unspecified atom stereocenters. The summed E-state index contributed by atoms with van der Waals surface area (Å²) in [6.45, 7) is 0. The number of benzene rings is 1. The SMILES string of the molecule is O=S(c1ccccc1)c1csnn1. The second-order valence-electron chi connectivity index (χ2n) is 2.32. The van der Waals surface area contributed by atoms with Crippen LogP contribution in [0.1, 0.15) is 0 Å². The fourth-order valence-corrected chi connectivity index (χ4v) is 2.51. The summed E-state index contributed by atoms with van der Waals surface area (Å²) < 4.78 is 15.4. The Kier molecular flexibility index (Phi) is 2.47. The van der Waals surface area contributed by atoms with E-state index < -0.39 is 10.8 Å². The molecule has 2 rings (SSSR count). The van der Waals surface area contributed by atoms with Gasteiger partial charge in [-0.05, 0) is 23.7 Å². The van der Waals surface area contributed by atoms with Gasteiger partial charge in [0, 0.05) is 10.3 Å². The molecule has 0 radical (unpaired) electrons. The summed E-state index contributed by atoms with van der Waals surface area (Å²) in [4.78, 5) is 0.759. The molecule has 0 aliphatic carbocycles.